The Morgan fingerprint density at radius 3 is 2.62 bits per heavy atom. The molecule has 0 amide bonds. The largest absolute Gasteiger partial charge is 0.497 e. The Kier molecular flexibility index (Phi) is 4.62. The quantitative estimate of drug-likeness (QED) is 0.912. The molecule has 0 spiro atoms. The van der Waals surface area contributed by atoms with Crippen LogP contribution in [0.5, 0.6) is 5.75 Å². The molecular formula is C16H23NO2S2. The summed E-state index contributed by atoms with van der Waals surface area (Å²) in [4.78, 5) is 0. The van der Waals surface area contributed by atoms with Crippen LogP contribution in [0.15, 0.2) is 24.3 Å². The van der Waals surface area contributed by atoms with Crippen molar-refractivity contribution < 1.29 is 9.47 Å². The van der Waals surface area contributed by atoms with Gasteiger partial charge in [-0.05, 0) is 56.0 Å². The molecule has 0 radical (unpaired) electrons. The van der Waals surface area contributed by atoms with Crippen molar-refractivity contribution in [1.29, 1.82) is 0 Å². The van der Waals surface area contributed by atoms with E-state index in [9.17, 15) is 0 Å². The third-order valence-electron chi connectivity index (χ3n) is 4.06. The highest BCUT2D eigenvalue weighted by molar-refractivity contribution is 8.04. The van der Waals surface area contributed by atoms with Gasteiger partial charge >= 0.3 is 0 Å². The van der Waals surface area contributed by atoms with Crippen LogP contribution < -0.4 is 10.1 Å². The Hall–Kier alpha value is -0.520. The maximum absolute atomic E-state index is 6.32. The summed E-state index contributed by atoms with van der Waals surface area (Å²) in [5, 5.41) is 4.20. The SMILES string of the molecule is COc1ccc(N[C@@H]2[C@@H]3SCCCS[C@H]3OC2(C)C)cc1. The summed E-state index contributed by atoms with van der Waals surface area (Å²) in [5.41, 5.74) is 1.29. The van der Waals surface area contributed by atoms with Crippen LogP contribution in [-0.4, -0.2) is 40.9 Å². The number of fused-ring (bicyclic) bond motifs is 1. The molecule has 0 bridgehead atoms. The molecule has 3 atom stereocenters. The topological polar surface area (TPSA) is 30.5 Å². The van der Waals surface area contributed by atoms with Crippen LogP contribution in [0.4, 0.5) is 5.69 Å². The summed E-state index contributed by atoms with van der Waals surface area (Å²) in [6, 6.07) is 8.48. The van der Waals surface area contributed by atoms with Crippen LogP contribution in [0.25, 0.3) is 0 Å². The molecule has 1 aromatic carbocycles. The average molecular weight is 325 g/mol. The molecule has 3 rings (SSSR count). The number of anilines is 1. The summed E-state index contributed by atoms with van der Waals surface area (Å²) in [6.07, 6.45) is 1.28. The first-order valence-electron chi connectivity index (χ1n) is 7.42. The highest BCUT2D eigenvalue weighted by atomic mass is 32.2. The molecule has 2 heterocycles. The second-order valence-electron chi connectivity index (χ2n) is 6.00. The van der Waals surface area contributed by atoms with E-state index in [1.54, 1.807) is 7.11 Å². The van der Waals surface area contributed by atoms with Crippen molar-refractivity contribution in [2.45, 2.75) is 42.6 Å². The molecular weight excluding hydrogens is 302 g/mol. The maximum atomic E-state index is 6.32. The van der Waals surface area contributed by atoms with Gasteiger partial charge in [-0.1, -0.05) is 0 Å². The van der Waals surface area contributed by atoms with Gasteiger partial charge in [-0.15, -0.1) is 11.8 Å². The first kappa shape index (κ1) is 15.4. The van der Waals surface area contributed by atoms with E-state index in [1.165, 1.54) is 17.9 Å². The fourth-order valence-corrected chi connectivity index (χ4v) is 6.14. The molecule has 116 valence electrons. The van der Waals surface area contributed by atoms with Gasteiger partial charge in [0.25, 0.3) is 0 Å². The Bertz CT molecular complexity index is 478. The van der Waals surface area contributed by atoms with E-state index in [2.05, 4.69) is 43.1 Å². The zero-order valence-corrected chi connectivity index (χ0v) is 14.4. The van der Waals surface area contributed by atoms with Crippen LogP contribution in [0.1, 0.15) is 20.3 Å². The van der Waals surface area contributed by atoms with Gasteiger partial charge in [0.05, 0.1) is 24.0 Å². The Morgan fingerprint density at radius 2 is 1.90 bits per heavy atom. The van der Waals surface area contributed by atoms with E-state index < -0.39 is 0 Å². The van der Waals surface area contributed by atoms with Crippen molar-refractivity contribution in [1.82, 2.24) is 0 Å². The van der Waals surface area contributed by atoms with Crippen LogP contribution in [-0.2, 0) is 4.74 Å². The van der Waals surface area contributed by atoms with Gasteiger partial charge in [-0.2, -0.15) is 11.8 Å². The smallest absolute Gasteiger partial charge is 0.119 e. The third-order valence-corrected chi connectivity index (χ3v) is 6.90. The summed E-state index contributed by atoms with van der Waals surface area (Å²) in [7, 11) is 1.69. The summed E-state index contributed by atoms with van der Waals surface area (Å²) in [5.74, 6) is 3.33. The zero-order valence-electron chi connectivity index (χ0n) is 12.8. The van der Waals surface area contributed by atoms with Gasteiger partial charge in [0.2, 0.25) is 0 Å². The van der Waals surface area contributed by atoms with E-state index in [-0.39, 0.29) is 5.60 Å². The van der Waals surface area contributed by atoms with Crippen LogP contribution >= 0.6 is 23.5 Å². The summed E-state index contributed by atoms with van der Waals surface area (Å²) < 4.78 is 11.5. The highest BCUT2D eigenvalue weighted by Crippen LogP contribution is 2.45. The number of ether oxygens (including phenoxy) is 2. The molecule has 0 aromatic heterocycles. The molecule has 0 unspecified atom stereocenters. The fraction of sp³-hybridized carbons (Fsp3) is 0.625. The second-order valence-corrected chi connectivity index (χ2v) is 8.49. The lowest BCUT2D eigenvalue weighted by Crippen LogP contribution is -2.43. The first-order chi connectivity index (χ1) is 10.1. The lowest BCUT2D eigenvalue weighted by molar-refractivity contribution is 0.0175. The molecule has 2 fully saturated rings. The number of rotatable bonds is 3. The monoisotopic (exact) mass is 325 g/mol. The van der Waals surface area contributed by atoms with Gasteiger partial charge in [-0.25, -0.2) is 0 Å². The number of methoxy groups -OCH3 is 1. The standard InChI is InChI=1S/C16H23NO2S2/c1-16(2)14(13-15(19-16)21-10-4-9-20-13)17-11-5-7-12(18-3)8-6-11/h5-8,13-15,17H,4,9-10H2,1-3H3/t13-,14+,15+/m0/s1. The van der Waals surface area contributed by atoms with Gasteiger partial charge in [-0.3, -0.25) is 0 Å². The van der Waals surface area contributed by atoms with Crippen molar-refractivity contribution in [2.24, 2.45) is 0 Å². The molecule has 0 aliphatic carbocycles. The zero-order chi connectivity index (χ0) is 14.9. The van der Waals surface area contributed by atoms with E-state index >= 15 is 0 Å². The summed E-state index contributed by atoms with van der Waals surface area (Å²) in [6.45, 7) is 4.40. The molecule has 2 saturated heterocycles. The number of hydrogen-bond donors (Lipinski definition) is 1. The Morgan fingerprint density at radius 1 is 1.19 bits per heavy atom. The minimum atomic E-state index is -0.146. The predicted octanol–water partition coefficient (Wildman–Crippen LogP) is 3.85. The van der Waals surface area contributed by atoms with Gasteiger partial charge in [0.15, 0.2) is 0 Å². The highest BCUT2D eigenvalue weighted by Gasteiger charge is 2.50. The second kappa shape index (κ2) is 6.31. The van der Waals surface area contributed by atoms with Gasteiger partial charge in [0.1, 0.15) is 11.2 Å². The van der Waals surface area contributed by atoms with Crippen molar-refractivity contribution in [3.8, 4) is 5.75 Å². The Balaban J connectivity index is 1.77. The molecule has 3 nitrogen and oxygen atoms in total. The molecule has 0 saturated carbocycles. The van der Waals surface area contributed by atoms with E-state index in [1.807, 2.05) is 23.9 Å². The molecule has 5 heteroatoms. The fourth-order valence-electron chi connectivity index (χ4n) is 2.90. The van der Waals surface area contributed by atoms with Gasteiger partial charge in [0, 0.05) is 5.69 Å². The van der Waals surface area contributed by atoms with E-state index in [0.717, 1.165) is 11.4 Å². The van der Waals surface area contributed by atoms with Gasteiger partial charge < -0.3 is 14.8 Å². The van der Waals surface area contributed by atoms with E-state index in [0.29, 0.717) is 16.7 Å². The minimum absolute atomic E-state index is 0.146. The van der Waals surface area contributed by atoms with Crippen molar-refractivity contribution in [3.05, 3.63) is 24.3 Å². The lowest BCUT2D eigenvalue weighted by atomic mass is 9.98. The van der Waals surface area contributed by atoms with Crippen molar-refractivity contribution >= 4 is 29.2 Å². The summed E-state index contributed by atoms with van der Waals surface area (Å²) >= 11 is 4.03. The molecule has 21 heavy (non-hydrogen) atoms. The molecule has 1 aromatic rings. The van der Waals surface area contributed by atoms with Crippen molar-refractivity contribution in [2.75, 3.05) is 23.9 Å². The predicted molar refractivity (Wildman–Crippen MR) is 92.7 cm³/mol. The minimum Gasteiger partial charge on any atom is -0.497 e. The molecule has 2 aliphatic heterocycles. The van der Waals surface area contributed by atoms with Crippen LogP contribution in [0, 0.1) is 0 Å². The average Bonchev–Trinajstić information content (AvgIpc) is 2.63. The molecule has 2 aliphatic rings. The number of benzene rings is 1. The van der Waals surface area contributed by atoms with E-state index in [4.69, 9.17) is 9.47 Å². The Labute approximate surface area is 135 Å². The van der Waals surface area contributed by atoms with Crippen LogP contribution in [0.3, 0.4) is 0 Å². The van der Waals surface area contributed by atoms with Crippen molar-refractivity contribution in [3.63, 3.8) is 0 Å². The maximum Gasteiger partial charge on any atom is 0.119 e. The number of thioether (sulfide) groups is 2. The number of hydrogen-bond acceptors (Lipinski definition) is 5. The third kappa shape index (κ3) is 3.30. The lowest BCUT2D eigenvalue weighted by Gasteiger charge is -2.30. The van der Waals surface area contributed by atoms with Crippen LogP contribution in [0.2, 0.25) is 0 Å². The number of nitrogens with one attached hydrogen (secondary N) is 1. The first-order valence-corrected chi connectivity index (χ1v) is 9.51. The molecule has 1 N–H and O–H groups in total. The normalized spacial score (nSPS) is 31.3.